The Morgan fingerprint density at radius 3 is 2.32 bits per heavy atom. The van der Waals surface area contributed by atoms with Crippen LogP contribution < -0.4 is 5.32 Å². The summed E-state index contributed by atoms with van der Waals surface area (Å²) < 4.78 is 17.3. The van der Waals surface area contributed by atoms with Crippen LogP contribution in [0.15, 0.2) is 64.5 Å². The number of hydrogen-bond donors (Lipinski definition) is 1. The highest BCUT2D eigenvalue weighted by Gasteiger charge is 2.18. The second-order valence-corrected chi connectivity index (χ2v) is 11.1. The van der Waals surface area contributed by atoms with Crippen molar-refractivity contribution in [2.75, 3.05) is 0 Å². The smallest absolute Gasteiger partial charge is 0.268 e. The van der Waals surface area contributed by atoms with Crippen LogP contribution in [0.25, 0.3) is 10.2 Å². The third-order valence-corrected chi connectivity index (χ3v) is 6.89. The molecule has 0 bridgehead atoms. The van der Waals surface area contributed by atoms with Crippen LogP contribution in [-0.4, -0.2) is 10.5 Å². The van der Waals surface area contributed by atoms with Gasteiger partial charge in [-0.15, -0.1) is 11.3 Å². The number of carbonyl (C=O) groups is 1. The molecule has 0 radical (unpaired) electrons. The summed E-state index contributed by atoms with van der Waals surface area (Å²) in [5.41, 5.74) is 5.03. The Morgan fingerprint density at radius 1 is 1.03 bits per heavy atom. The maximum absolute atomic E-state index is 13.1. The van der Waals surface area contributed by atoms with Crippen LogP contribution in [0.2, 0.25) is 0 Å². The standard InChI is InChI=1S/C25H24BrFN2OS/c1-25(2,3)18-8-4-17(5-9-18)15-29-20-13-23(26)31-22(20)12-21(29)24(30)28-14-16-6-10-19(27)11-7-16/h4-13H,14-15H2,1-3H3,(H,28,30). The number of thiophene rings is 1. The molecule has 0 saturated heterocycles. The molecule has 0 spiro atoms. The summed E-state index contributed by atoms with van der Waals surface area (Å²) in [6.45, 7) is 7.55. The molecule has 2 aromatic carbocycles. The monoisotopic (exact) mass is 498 g/mol. The van der Waals surface area contributed by atoms with Crippen molar-refractivity contribution in [2.24, 2.45) is 0 Å². The number of halogens is 2. The van der Waals surface area contributed by atoms with Gasteiger partial charge in [0.1, 0.15) is 11.5 Å². The van der Waals surface area contributed by atoms with E-state index >= 15 is 0 Å². The zero-order chi connectivity index (χ0) is 22.2. The van der Waals surface area contributed by atoms with Crippen LogP contribution in [0.1, 0.15) is 48.0 Å². The van der Waals surface area contributed by atoms with Crippen molar-refractivity contribution in [3.8, 4) is 0 Å². The molecule has 0 aliphatic carbocycles. The maximum atomic E-state index is 13.1. The number of aromatic nitrogens is 1. The second-order valence-electron chi connectivity index (χ2n) is 8.67. The van der Waals surface area contributed by atoms with E-state index in [9.17, 15) is 9.18 Å². The molecule has 0 aliphatic rings. The lowest BCUT2D eigenvalue weighted by molar-refractivity contribution is 0.0942. The molecule has 2 heterocycles. The molecule has 4 rings (SSSR count). The highest BCUT2D eigenvalue weighted by atomic mass is 79.9. The molecule has 0 saturated carbocycles. The van der Waals surface area contributed by atoms with E-state index in [4.69, 9.17) is 0 Å². The van der Waals surface area contributed by atoms with Crippen LogP contribution in [0.4, 0.5) is 4.39 Å². The number of nitrogens with zero attached hydrogens (tertiary/aromatic N) is 1. The van der Waals surface area contributed by atoms with Gasteiger partial charge >= 0.3 is 0 Å². The summed E-state index contributed by atoms with van der Waals surface area (Å²) in [6.07, 6.45) is 0. The molecule has 2 aromatic heterocycles. The number of rotatable bonds is 5. The fourth-order valence-electron chi connectivity index (χ4n) is 3.54. The van der Waals surface area contributed by atoms with Crippen LogP contribution in [0, 0.1) is 5.82 Å². The molecule has 4 aromatic rings. The summed E-state index contributed by atoms with van der Waals surface area (Å²) in [4.78, 5) is 13.0. The van der Waals surface area contributed by atoms with Gasteiger partial charge in [0.15, 0.2) is 0 Å². The van der Waals surface area contributed by atoms with Gasteiger partial charge in [-0.25, -0.2) is 4.39 Å². The summed E-state index contributed by atoms with van der Waals surface area (Å²) in [6, 6.07) is 18.7. The van der Waals surface area contributed by atoms with Crippen LogP contribution in [0.5, 0.6) is 0 Å². The van der Waals surface area contributed by atoms with Gasteiger partial charge in [-0.1, -0.05) is 57.2 Å². The third kappa shape index (κ3) is 4.91. The van der Waals surface area contributed by atoms with Crippen molar-refractivity contribution in [3.05, 3.63) is 92.7 Å². The van der Waals surface area contributed by atoms with E-state index in [1.54, 1.807) is 23.5 Å². The van der Waals surface area contributed by atoms with Crippen molar-refractivity contribution >= 4 is 43.4 Å². The number of fused-ring (bicyclic) bond motifs is 1. The minimum atomic E-state index is -0.285. The lowest BCUT2D eigenvalue weighted by atomic mass is 9.87. The van der Waals surface area contributed by atoms with Gasteiger partial charge in [-0.3, -0.25) is 4.79 Å². The Kier molecular flexibility index (Phi) is 6.04. The first-order valence-corrected chi connectivity index (χ1v) is 11.7. The predicted octanol–water partition coefficient (Wildman–Crippen LogP) is 6.88. The van der Waals surface area contributed by atoms with Crippen LogP contribution >= 0.6 is 27.3 Å². The molecule has 1 N–H and O–H groups in total. The molecule has 0 unspecified atom stereocenters. The zero-order valence-corrected chi connectivity index (χ0v) is 20.1. The molecule has 0 fully saturated rings. The lowest BCUT2D eigenvalue weighted by Crippen LogP contribution is -2.25. The molecule has 160 valence electrons. The summed E-state index contributed by atoms with van der Waals surface area (Å²) in [5, 5.41) is 2.97. The van der Waals surface area contributed by atoms with Crippen molar-refractivity contribution in [3.63, 3.8) is 0 Å². The van der Waals surface area contributed by atoms with Gasteiger partial charge in [0.05, 0.1) is 14.0 Å². The molecule has 3 nitrogen and oxygen atoms in total. The Bertz CT molecular complexity index is 1220. The summed E-state index contributed by atoms with van der Waals surface area (Å²) >= 11 is 5.17. The topological polar surface area (TPSA) is 34.0 Å². The summed E-state index contributed by atoms with van der Waals surface area (Å²) in [5.74, 6) is -0.428. The van der Waals surface area contributed by atoms with Crippen LogP contribution in [-0.2, 0) is 18.5 Å². The number of benzene rings is 2. The fourth-order valence-corrected chi connectivity index (χ4v) is 5.10. The minimum Gasteiger partial charge on any atom is -0.347 e. The molecular formula is C25H24BrFN2OS. The maximum Gasteiger partial charge on any atom is 0.268 e. The highest BCUT2D eigenvalue weighted by molar-refractivity contribution is 9.11. The largest absolute Gasteiger partial charge is 0.347 e. The SMILES string of the molecule is CC(C)(C)c1ccc(Cn2c(C(=O)NCc3ccc(F)cc3)cc3sc(Br)cc32)cc1. The Labute approximate surface area is 194 Å². The number of nitrogens with one attached hydrogen (secondary N) is 1. The normalized spacial score (nSPS) is 11.8. The van der Waals surface area contributed by atoms with Crippen LogP contribution in [0.3, 0.4) is 0 Å². The van der Waals surface area contributed by atoms with Crippen molar-refractivity contribution in [1.82, 2.24) is 9.88 Å². The number of carbonyl (C=O) groups excluding carboxylic acids is 1. The van der Waals surface area contributed by atoms with Gasteiger partial charge < -0.3 is 9.88 Å². The lowest BCUT2D eigenvalue weighted by Gasteiger charge is -2.19. The van der Waals surface area contributed by atoms with E-state index in [1.807, 2.05) is 6.07 Å². The predicted molar refractivity (Wildman–Crippen MR) is 129 cm³/mol. The van der Waals surface area contributed by atoms with E-state index < -0.39 is 0 Å². The molecule has 1 amide bonds. The Balaban J connectivity index is 1.60. The highest BCUT2D eigenvalue weighted by Crippen LogP contribution is 2.33. The summed E-state index contributed by atoms with van der Waals surface area (Å²) in [7, 11) is 0. The Hall–Kier alpha value is -2.44. The van der Waals surface area contributed by atoms with Gasteiger partial charge in [0.25, 0.3) is 5.91 Å². The quantitative estimate of drug-likeness (QED) is 0.319. The van der Waals surface area contributed by atoms with Gasteiger partial charge in [0.2, 0.25) is 0 Å². The van der Waals surface area contributed by atoms with Gasteiger partial charge in [-0.2, -0.15) is 0 Å². The average molecular weight is 499 g/mol. The first-order chi connectivity index (χ1) is 14.7. The van der Waals surface area contributed by atoms with Gasteiger partial charge in [-0.05, 0) is 62.3 Å². The Morgan fingerprint density at radius 2 is 1.68 bits per heavy atom. The second kappa shape index (κ2) is 8.60. The van der Waals surface area contributed by atoms with E-state index in [-0.39, 0.29) is 17.1 Å². The van der Waals surface area contributed by atoms with E-state index in [1.165, 1.54) is 17.7 Å². The third-order valence-electron chi connectivity index (χ3n) is 5.32. The molecule has 0 aliphatic heterocycles. The molecule has 6 heteroatoms. The molecule has 31 heavy (non-hydrogen) atoms. The average Bonchev–Trinajstić information content (AvgIpc) is 3.24. The minimum absolute atomic E-state index is 0.100. The molecular weight excluding hydrogens is 475 g/mol. The zero-order valence-electron chi connectivity index (χ0n) is 17.7. The number of hydrogen-bond acceptors (Lipinski definition) is 2. The number of amides is 1. The molecule has 0 atom stereocenters. The first kappa shape index (κ1) is 21.8. The van der Waals surface area contributed by atoms with Crippen molar-refractivity contribution in [1.29, 1.82) is 0 Å². The van der Waals surface area contributed by atoms with Crippen molar-refractivity contribution < 1.29 is 9.18 Å². The van der Waals surface area contributed by atoms with E-state index in [2.05, 4.69) is 76.9 Å². The van der Waals surface area contributed by atoms with Crippen molar-refractivity contribution in [2.45, 2.75) is 39.3 Å². The fraction of sp³-hybridized carbons (Fsp3) is 0.240. The first-order valence-electron chi connectivity index (χ1n) is 10.1. The van der Waals surface area contributed by atoms with Gasteiger partial charge in [0, 0.05) is 13.1 Å². The van der Waals surface area contributed by atoms with E-state index in [0.717, 1.165) is 25.1 Å². The van der Waals surface area contributed by atoms with E-state index in [0.29, 0.717) is 18.8 Å².